The van der Waals surface area contributed by atoms with Crippen molar-refractivity contribution in [2.24, 2.45) is 11.5 Å². The molecule has 0 heterocycles. The Morgan fingerprint density at radius 3 is 0.977 bits per heavy atom. The van der Waals surface area contributed by atoms with Crippen molar-refractivity contribution in [3.05, 3.63) is 0 Å². The Morgan fingerprint density at radius 2 is 0.705 bits per heavy atom. The summed E-state index contributed by atoms with van der Waals surface area (Å²) in [5.74, 6) is -0.771. The number of hydrogen-bond acceptors (Lipinski definition) is 8. The van der Waals surface area contributed by atoms with E-state index in [4.69, 9.17) is 21.7 Å². The van der Waals surface area contributed by atoms with Gasteiger partial charge < -0.3 is 32.3 Å². The molecule has 2 atom stereocenters. The molecular formula is C32H62N4O6S2. The van der Waals surface area contributed by atoms with Gasteiger partial charge in [-0.05, 0) is 25.7 Å². The molecule has 0 aromatic carbocycles. The normalized spacial score (nSPS) is 12.5. The Balaban J connectivity index is 3.52. The molecule has 44 heavy (non-hydrogen) atoms. The lowest BCUT2D eigenvalue weighted by Crippen LogP contribution is -2.43. The molecule has 0 aromatic heterocycles. The molecule has 2 unspecified atom stereocenters. The third-order valence-corrected chi connectivity index (χ3v) is 9.96. The Bertz CT molecular complexity index is 688. The van der Waals surface area contributed by atoms with Gasteiger partial charge in [-0.2, -0.15) is 0 Å². The predicted molar refractivity (Wildman–Crippen MR) is 184 cm³/mol. The second kappa shape index (κ2) is 31.5. The lowest BCUT2D eigenvalue weighted by Gasteiger charge is -2.14. The highest BCUT2D eigenvalue weighted by Gasteiger charge is 2.16. The number of carbonyl (C=O) groups excluding carboxylic acids is 2. The number of carboxylic acid groups (broad SMARTS) is 2. The van der Waals surface area contributed by atoms with E-state index >= 15 is 0 Å². The Labute approximate surface area is 274 Å². The highest BCUT2D eigenvalue weighted by molar-refractivity contribution is 8.76. The van der Waals surface area contributed by atoms with Crippen molar-refractivity contribution in [3.8, 4) is 0 Å². The van der Waals surface area contributed by atoms with Gasteiger partial charge in [0.05, 0.1) is 12.1 Å². The van der Waals surface area contributed by atoms with Gasteiger partial charge in [-0.15, -0.1) is 0 Å². The van der Waals surface area contributed by atoms with Gasteiger partial charge in [0.25, 0.3) is 0 Å². The van der Waals surface area contributed by atoms with E-state index in [1.807, 2.05) is 0 Å². The highest BCUT2D eigenvalue weighted by atomic mass is 33.1. The Kier molecular flexibility index (Phi) is 30.4. The molecule has 0 saturated heterocycles. The fourth-order valence-corrected chi connectivity index (χ4v) is 6.96. The van der Waals surface area contributed by atoms with Crippen molar-refractivity contribution in [1.82, 2.24) is 10.6 Å². The third-order valence-electron chi connectivity index (χ3n) is 7.49. The smallest absolute Gasteiger partial charge is 0.303 e. The maximum atomic E-state index is 12.2. The van der Waals surface area contributed by atoms with E-state index in [9.17, 15) is 19.2 Å². The van der Waals surface area contributed by atoms with Crippen molar-refractivity contribution < 1.29 is 29.4 Å². The van der Waals surface area contributed by atoms with Crippen LogP contribution in [0.5, 0.6) is 0 Å². The van der Waals surface area contributed by atoms with Crippen molar-refractivity contribution >= 4 is 45.3 Å². The fourth-order valence-electron chi connectivity index (χ4n) is 4.71. The van der Waals surface area contributed by atoms with E-state index in [2.05, 4.69) is 10.6 Å². The number of rotatable bonds is 33. The van der Waals surface area contributed by atoms with Gasteiger partial charge in [-0.3, -0.25) is 19.2 Å². The first kappa shape index (κ1) is 42.5. The van der Waals surface area contributed by atoms with E-state index in [0.29, 0.717) is 24.6 Å². The molecule has 0 aromatic rings. The van der Waals surface area contributed by atoms with Gasteiger partial charge in [0.1, 0.15) is 0 Å². The summed E-state index contributed by atoms with van der Waals surface area (Å²) in [7, 11) is 2.93. The maximum absolute atomic E-state index is 12.2. The van der Waals surface area contributed by atoms with Crippen LogP contribution in [0.15, 0.2) is 0 Å². The molecule has 0 aliphatic rings. The Hall–Kier alpha value is -1.50. The monoisotopic (exact) mass is 662 g/mol. The van der Waals surface area contributed by atoms with Gasteiger partial charge in [-0.1, -0.05) is 124 Å². The number of carbonyl (C=O) groups is 4. The van der Waals surface area contributed by atoms with Crippen LogP contribution in [0.1, 0.15) is 141 Å². The highest BCUT2D eigenvalue weighted by Crippen LogP contribution is 2.22. The number of unbranched alkanes of at least 4 members (excludes halogenated alkanes) is 18. The number of nitrogens with two attached hydrogens (primary N) is 2. The number of carboxylic acids is 2. The minimum Gasteiger partial charge on any atom is -0.481 e. The summed E-state index contributed by atoms with van der Waals surface area (Å²) in [5.41, 5.74) is 12.0. The molecule has 0 spiro atoms. The molecule has 0 radical (unpaired) electrons. The number of aliphatic carboxylic acids is 2. The van der Waals surface area contributed by atoms with E-state index in [0.717, 1.165) is 77.0 Å². The standard InChI is InChI=1S/C32H62N4O6S2/c33-27(31(41)35-23-19-15-11-7-3-1-5-9-13-17-21-29(37)38)25-43-44-26-28(34)32(42)36-24-20-16-12-8-4-2-6-10-14-18-22-30(39)40/h27-28H,1-26,33-34H2,(H,35,41)(H,36,42)(H,37,38)(H,39,40). The van der Waals surface area contributed by atoms with Crippen molar-refractivity contribution in [3.63, 3.8) is 0 Å². The van der Waals surface area contributed by atoms with E-state index in [1.54, 1.807) is 0 Å². The molecule has 2 amide bonds. The summed E-state index contributed by atoms with van der Waals surface area (Å²) in [6.45, 7) is 1.27. The summed E-state index contributed by atoms with van der Waals surface area (Å²) >= 11 is 0. The molecule has 12 heteroatoms. The average molecular weight is 663 g/mol. The predicted octanol–water partition coefficient (Wildman–Crippen LogP) is 6.01. The van der Waals surface area contributed by atoms with E-state index < -0.39 is 24.0 Å². The number of amides is 2. The van der Waals surface area contributed by atoms with Crippen LogP contribution in [-0.4, -0.2) is 70.6 Å². The molecule has 0 aliphatic carbocycles. The fraction of sp³-hybridized carbons (Fsp3) is 0.875. The third kappa shape index (κ3) is 30.5. The SMILES string of the molecule is NC(CSSCC(N)C(=O)NCCCCCCCCCCCCC(=O)O)C(=O)NCCCCCCCCCCCCC(=O)O. The van der Waals surface area contributed by atoms with Crippen LogP contribution in [0.2, 0.25) is 0 Å². The zero-order valence-electron chi connectivity index (χ0n) is 27.0. The van der Waals surface area contributed by atoms with Crippen LogP contribution < -0.4 is 22.1 Å². The van der Waals surface area contributed by atoms with Gasteiger partial charge in [0.2, 0.25) is 11.8 Å². The van der Waals surface area contributed by atoms with Crippen LogP contribution in [0.25, 0.3) is 0 Å². The van der Waals surface area contributed by atoms with E-state index in [-0.39, 0.29) is 24.7 Å². The molecule has 258 valence electrons. The minimum atomic E-state index is -0.707. The van der Waals surface area contributed by atoms with Gasteiger partial charge in [0, 0.05) is 37.4 Å². The summed E-state index contributed by atoms with van der Waals surface area (Å²) in [4.78, 5) is 45.4. The maximum Gasteiger partial charge on any atom is 0.303 e. The van der Waals surface area contributed by atoms with Gasteiger partial charge >= 0.3 is 11.9 Å². The van der Waals surface area contributed by atoms with Gasteiger partial charge in [0.15, 0.2) is 0 Å². The summed E-state index contributed by atoms with van der Waals surface area (Å²) < 4.78 is 0. The Morgan fingerprint density at radius 1 is 0.455 bits per heavy atom. The second-order valence-corrected chi connectivity index (χ2v) is 14.3. The molecule has 0 bridgehead atoms. The minimum absolute atomic E-state index is 0.143. The summed E-state index contributed by atoms with van der Waals surface area (Å²) in [6.07, 6.45) is 22.3. The lowest BCUT2D eigenvalue weighted by atomic mass is 10.1. The van der Waals surface area contributed by atoms with Crippen molar-refractivity contribution in [1.29, 1.82) is 0 Å². The lowest BCUT2D eigenvalue weighted by molar-refractivity contribution is -0.138. The van der Waals surface area contributed by atoms with Crippen molar-refractivity contribution in [2.45, 2.75) is 153 Å². The van der Waals surface area contributed by atoms with E-state index in [1.165, 1.54) is 73.0 Å². The molecule has 0 aliphatic heterocycles. The number of hydrogen-bond donors (Lipinski definition) is 6. The topological polar surface area (TPSA) is 185 Å². The van der Waals surface area contributed by atoms with Crippen LogP contribution in [0.4, 0.5) is 0 Å². The first-order valence-electron chi connectivity index (χ1n) is 17.0. The molecule has 0 fully saturated rings. The van der Waals surface area contributed by atoms with Crippen LogP contribution in [0, 0.1) is 0 Å². The molecular weight excluding hydrogens is 601 g/mol. The van der Waals surface area contributed by atoms with Crippen LogP contribution >= 0.6 is 21.6 Å². The quantitative estimate of drug-likeness (QED) is 0.0359. The molecule has 0 rings (SSSR count). The van der Waals surface area contributed by atoms with Crippen LogP contribution in [0.3, 0.4) is 0 Å². The molecule has 8 N–H and O–H groups in total. The van der Waals surface area contributed by atoms with Crippen molar-refractivity contribution in [2.75, 3.05) is 24.6 Å². The largest absolute Gasteiger partial charge is 0.481 e. The first-order valence-corrected chi connectivity index (χ1v) is 19.5. The summed E-state index contributed by atoms with van der Waals surface area (Å²) in [6, 6.07) is -1.17. The second-order valence-electron chi connectivity index (χ2n) is 11.7. The zero-order chi connectivity index (χ0) is 32.7. The first-order chi connectivity index (χ1) is 21.2. The molecule has 0 saturated carbocycles. The zero-order valence-corrected chi connectivity index (χ0v) is 28.7. The van der Waals surface area contributed by atoms with Crippen LogP contribution in [-0.2, 0) is 19.2 Å². The summed E-state index contributed by atoms with van der Waals surface area (Å²) in [5, 5.41) is 23.1. The van der Waals surface area contributed by atoms with Gasteiger partial charge in [-0.25, -0.2) is 0 Å². The number of nitrogens with one attached hydrogen (secondary N) is 2. The average Bonchev–Trinajstić information content (AvgIpc) is 2.99. The molecule has 10 nitrogen and oxygen atoms in total.